The molecule has 1 aromatic heterocycles. The molecule has 8 heavy (non-hydrogen) atoms. The van der Waals surface area contributed by atoms with E-state index in [-0.39, 0.29) is 8.41 Å². The van der Waals surface area contributed by atoms with Crippen LogP contribution in [0.1, 0.15) is 0 Å². The monoisotopic (exact) mass is 127 g/mol. The molecule has 3 heteroatoms. The lowest BCUT2D eigenvalue weighted by atomic mass is 10.5. The summed E-state index contributed by atoms with van der Waals surface area (Å²) < 4.78 is 0. The van der Waals surface area contributed by atoms with Gasteiger partial charge in [0, 0.05) is 6.20 Å². The predicted octanol–water partition coefficient (Wildman–Crippen LogP) is 0.551. The summed E-state index contributed by atoms with van der Waals surface area (Å²) in [6, 6.07) is 5.41. The summed E-state index contributed by atoms with van der Waals surface area (Å²) in [5, 5.41) is 0.544. The van der Waals surface area contributed by atoms with Gasteiger partial charge < -0.3 is 0 Å². The fraction of sp³-hybridized carbons (Fsp3) is 0. The SMILES string of the molecule is B.Clc1ccccn1. The van der Waals surface area contributed by atoms with E-state index in [9.17, 15) is 0 Å². The second kappa shape index (κ2) is 3.50. The van der Waals surface area contributed by atoms with E-state index in [1.807, 2.05) is 12.1 Å². The zero-order chi connectivity index (χ0) is 5.11. The number of hydrogen-bond acceptors (Lipinski definition) is 1. The van der Waals surface area contributed by atoms with Crippen molar-refractivity contribution in [3.8, 4) is 0 Å². The highest BCUT2D eigenvalue weighted by molar-refractivity contribution is 6.29. The highest BCUT2D eigenvalue weighted by Gasteiger charge is 1.76. The highest BCUT2D eigenvalue weighted by atomic mass is 35.5. The number of hydrogen-bond donors (Lipinski definition) is 0. The standard InChI is InChI=1S/C5H4ClN.BH3/c6-5-3-1-2-4-7-5;/h1-4H;1H3. The van der Waals surface area contributed by atoms with Gasteiger partial charge in [-0.2, -0.15) is 0 Å². The van der Waals surface area contributed by atoms with Crippen LogP contribution < -0.4 is 0 Å². The average Bonchev–Trinajstić information content (AvgIpc) is 1.69. The van der Waals surface area contributed by atoms with Gasteiger partial charge in [0.25, 0.3) is 0 Å². The van der Waals surface area contributed by atoms with Crippen molar-refractivity contribution >= 4 is 20.0 Å². The summed E-state index contributed by atoms with van der Waals surface area (Å²) in [5.41, 5.74) is 0. The average molecular weight is 127 g/mol. The van der Waals surface area contributed by atoms with E-state index in [1.54, 1.807) is 12.3 Å². The van der Waals surface area contributed by atoms with Crippen molar-refractivity contribution in [1.29, 1.82) is 0 Å². The maximum atomic E-state index is 5.43. The van der Waals surface area contributed by atoms with Crippen molar-refractivity contribution in [1.82, 2.24) is 4.98 Å². The van der Waals surface area contributed by atoms with Gasteiger partial charge in [-0.15, -0.1) is 0 Å². The number of aromatic nitrogens is 1. The third-order valence-corrected chi connectivity index (χ3v) is 0.852. The lowest BCUT2D eigenvalue weighted by molar-refractivity contribution is 1.33. The number of nitrogens with zero attached hydrogens (tertiary/aromatic N) is 1. The molecule has 1 heterocycles. The smallest absolute Gasteiger partial charge is 0.129 e. The Morgan fingerprint density at radius 3 is 2.38 bits per heavy atom. The number of rotatable bonds is 0. The molecule has 0 aromatic carbocycles. The third-order valence-electron chi connectivity index (χ3n) is 0.629. The summed E-state index contributed by atoms with van der Waals surface area (Å²) >= 11 is 5.43. The minimum Gasteiger partial charge on any atom is -0.245 e. The van der Waals surface area contributed by atoms with Gasteiger partial charge in [-0.1, -0.05) is 17.7 Å². The fourth-order valence-corrected chi connectivity index (χ4v) is 0.471. The quantitative estimate of drug-likeness (QED) is 0.366. The van der Waals surface area contributed by atoms with Crippen molar-refractivity contribution < 1.29 is 0 Å². The Morgan fingerprint density at radius 1 is 1.38 bits per heavy atom. The molecule has 0 atom stereocenters. The molecular weight excluding hydrogens is 120 g/mol. The van der Waals surface area contributed by atoms with Crippen LogP contribution in [0.25, 0.3) is 0 Å². The first-order valence-electron chi connectivity index (χ1n) is 1.96. The topological polar surface area (TPSA) is 12.9 Å². The summed E-state index contributed by atoms with van der Waals surface area (Å²) in [7, 11) is 0. The maximum absolute atomic E-state index is 5.43. The molecule has 0 bridgehead atoms. The van der Waals surface area contributed by atoms with Crippen molar-refractivity contribution in [2.75, 3.05) is 0 Å². The normalized spacial score (nSPS) is 7.62. The Bertz CT molecular complexity index is 142. The fourth-order valence-electron chi connectivity index (χ4n) is 0.342. The molecule has 0 radical (unpaired) electrons. The molecule has 0 amide bonds. The Balaban J connectivity index is 0.000000490. The first-order valence-corrected chi connectivity index (χ1v) is 2.34. The maximum Gasteiger partial charge on any atom is 0.129 e. The van der Waals surface area contributed by atoms with Gasteiger partial charge in [0.1, 0.15) is 5.15 Å². The van der Waals surface area contributed by atoms with Crippen LogP contribution in [-0.4, -0.2) is 13.4 Å². The molecule has 0 aliphatic heterocycles. The van der Waals surface area contributed by atoms with Crippen molar-refractivity contribution in [2.45, 2.75) is 0 Å². The molecule has 1 nitrogen and oxygen atoms in total. The molecule has 0 spiro atoms. The van der Waals surface area contributed by atoms with Crippen LogP contribution in [0.15, 0.2) is 24.4 Å². The molecule has 0 fully saturated rings. The van der Waals surface area contributed by atoms with Crippen LogP contribution in [-0.2, 0) is 0 Å². The van der Waals surface area contributed by atoms with E-state index in [2.05, 4.69) is 4.98 Å². The molecule has 0 aliphatic rings. The zero-order valence-corrected chi connectivity index (χ0v) is 4.39. The van der Waals surface area contributed by atoms with Crippen LogP contribution in [0, 0.1) is 0 Å². The Kier molecular flexibility index (Phi) is 3.28. The minimum atomic E-state index is 0. The molecule has 1 aromatic rings. The summed E-state index contributed by atoms with van der Waals surface area (Å²) in [6.45, 7) is 0. The summed E-state index contributed by atoms with van der Waals surface area (Å²) in [5.74, 6) is 0. The number of pyridine rings is 1. The van der Waals surface area contributed by atoms with Gasteiger partial charge in [0.15, 0.2) is 0 Å². The molecule has 0 saturated carbocycles. The van der Waals surface area contributed by atoms with E-state index >= 15 is 0 Å². The molecule has 42 valence electrons. The highest BCUT2D eigenvalue weighted by Crippen LogP contribution is 1.98. The van der Waals surface area contributed by atoms with Gasteiger partial charge in [-0.05, 0) is 12.1 Å². The van der Waals surface area contributed by atoms with E-state index in [1.165, 1.54) is 0 Å². The third kappa shape index (κ3) is 1.98. The van der Waals surface area contributed by atoms with Gasteiger partial charge in [0.05, 0.1) is 8.41 Å². The van der Waals surface area contributed by atoms with E-state index < -0.39 is 0 Å². The largest absolute Gasteiger partial charge is 0.245 e. The van der Waals surface area contributed by atoms with Crippen molar-refractivity contribution in [3.63, 3.8) is 0 Å². The van der Waals surface area contributed by atoms with Crippen molar-refractivity contribution in [2.24, 2.45) is 0 Å². The van der Waals surface area contributed by atoms with Crippen molar-refractivity contribution in [3.05, 3.63) is 29.5 Å². The molecule has 0 saturated heterocycles. The zero-order valence-electron chi connectivity index (χ0n) is 3.63. The van der Waals surface area contributed by atoms with Gasteiger partial charge >= 0.3 is 0 Å². The van der Waals surface area contributed by atoms with Crippen LogP contribution >= 0.6 is 11.6 Å². The molecule has 0 N–H and O–H groups in total. The van der Waals surface area contributed by atoms with E-state index in [4.69, 9.17) is 11.6 Å². The van der Waals surface area contributed by atoms with Gasteiger partial charge in [-0.25, -0.2) is 4.98 Å². The molecular formula is C5H7BClN. The van der Waals surface area contributed by atoms with Crippen LogP contribution in [0.2, 0.25) is 5.15 Å². The van der Waals surface area contributed by atoms with E-state index in [0.29, 0.717) is 5.15 Å². The first-order chi connectivity index (χ1) is 3.39. The first kappa shape index (κ1) is 7.50. The Hall–Kier alpha value is -0.495. The lowest BCUT2D eigenvalue weighted by Gasteiger charge is -1.79. The van der Waals surface area contributed by atoms with Gasteiger partial charge in [0.2, 0.25) is 0 Å². The van der Waals surface area contributed by atoms with Gasteiger partial charge in [-0.3, -0.25) is 0 Å². The summed E-state index contributed by atoms with van der Waals surface area (Å²) in [4.78, 5) is 3.74. The second-order valence-electron chi connectivity index (χ2n) is 1.15. The molecule has 1 rings (SSSR count). The van der Waals surface area contributed by atoms with E-state index in [0.717, 1.165) is 0 Å². The summed E-state index contributed by atoms with van der Waals surface area (Å²) in [6.07, 6.45) is 1.66. The lowest BCUT2D eigenvalue weighted by Crippen LogP contribution is -1.65. The number of halogens is 1. The molecule has 0 unspecified atom stereocenters. The van der Waals surface area contributed by atoms with Crippen LogP contribution in [0.4, 0.5) is 0 Å². The van der Waals surface area contributed by atoms with Crippen LogP contribution in [0.5, 0.6) is 0 Å². The molecule has 0 aliphatic carbocycles. The second-order valence-corrected chi connectivity index (χ2v) is 1.54. The Labute approximate surface area is 55.3 Å². The van der Waals surface area contributed by atoms with Crippen LogP contribution in [0.3, 0.4) is 0 Å². The predicted molar refractivity (Wildman–Crippen MR) is 39.2 cm³/mol. The Morgan fingerprint density at radius 2 is 2.12 bits per heavy atom. The minimum absolute atomic E-state index is 0.